The largest absolute Gasteiger partial charge is 0.309 e. The smallest absolute Gasteiger partial charge is 0.252 e. The van der Waals surface area contributed by atoms with Gasteiger partial charge in [0.05, 0.1) is 16.7 Å². The number of anilines is 6. The summed E-state index contributed by atoms with van der Waals surface area (Å²) in [5.74, 6) is 0. The lowest BCUT2D eigenvalue weighted by Gasteiger charge is -2.44. The fourth-order valence-electron chi connectivity index (χ4n) is 10.8. The highest BCUT2D eigenvalue weighted by Gasteiger charge is 2.45. The van der Waals surface area contributed by atoms with Crippen molar-refractivity contribution in [1.29, 1.82) is 0 Å². The predicted molar refractivity (Wildman–Crippen MR) is 276 cm³/mol. The van der Waals surface area contributed by atoms with Crippen LogP contribution in [0.15, 0.2) is 218 Å². The summed E-state index contributed by atoms with van der Waals surface area (Å²) in [6.07, 6.45) is 0. The van der Waals surface area contributed by atoms with Crippen molar-refractivity contribution in [2.24, 2.45) is 0 Å². The minimum atomic E-state index is 0.00112. The molecule has 0 aliphatic carbocycles. The highest BCUT2D eigenvalue weighted by Crippen LogP contribution is 2.55. The van der Waals surface area contributed by atoms with Crippen LogP contribution in [-0.2, 0) is 0 Å². The molecule has 0 spiro atoms. The summed E-state index contributed by atoms with van der Waals surface area (Å²) >= 11 is 3.77. The molecular weight excluding hydrogens is 814 g/mol. The molecule has 5 heterocycles. The minimum Gasteiger partial charge on any atom is -0.309 e. The van der Waals surface area contributed by atoms with Crippen LogP contribution in [0.2, 0.25) is 0 Å². The van der Waals surface area contributed by atoms with E-state index in [9.17, 15) is 0 Å². The molecule has 0 radical (unpaired) electrons. The first-order valence-corrected chi connectivity index (χ1v) is 23.5. The third-order valence-electron chi connectivity index (χ3n) is 13.4. The molecule has 2 aliphatic rings. The van der Waals surface area contributed by atoms with Gasteiger partial charge in [-0.25, -0.2) is 0 Å². The molecule has 0 amide bonds. The van der Waals surface area contributed by atoms with Crippen LogP contribution in [0, 0.1) is 0 Å². The molecule has 12 aromatic rings. The molecule has 0 unspecified atom stereocenters. The number of rotatable bonds is 5. The van der Waals surface area contributed by atoms with Crippen LogP contribution in [0.5, 0.6) is 0 Å². The molecule has 3 nitrogen and oxygen atoms in total. The average molecular weight is 850 g/mol. The lowest BCUT2D eigenvalue weighted by Crippen LogP contribution is -2.61. The summed E-state index contributed by atoms with van der Waals surface area (Å²) in [6.45, 7) is 0.00112. The lowest BCUT2D eigenvalue weighted by molar-refractivity contribution is 1.16. The van der Waals surface area contributed by atoms with E-state index in [1.165, 1.54) is 113 Å². The topological polar surface area (TPSA) is 11.4 Å². The van der Waals surface area contributed by atoms with Gasteiger partial charge in [0.2, 0.25) is 0 Å². The highest BCUT2D eigenvalue weighted by atomic mass is 32.1. The molecule has 0 atom stereocenters. The van der Waals surface area contributed by atoms with Crippen LogP contribution in [0.1, 0.15) is 0 Å². The van der Waals surface area contributed by atoms with Gasteiger partial charge in [0, 0.05) is 64.8 Å². The van der Waals surface area contributed by atoms with Gasteiger partial charge in [-0.05, 0) is 76.0 Å². The van der Waals surface area contributed by atoms with Gasteiger partial charge in [-0.3, -0.25) is 0 Å². The SMILES string of the molecule is c1ccc(-c2c(N3c4ccccc4B4c5ccccc5N(c5sc6ccccc6c5-c5ccccc5)c5cc(-n6c7ccccc7c7ccccc76)cc3c54)sc3ccccc23)cc1. The zero-order chi connectivity index (χ0) is 41.9. The second-order valence-electron chi connectivity index (χ2n) is 16.8. The maximum Gasteiger partial charge on any atom is 0.252 e. The Kier molecular flexibility index (Phi) is 7.82. The van der Waals surface area contributed by atoms with E-state index in [-0.39, 0.29) is 6.71 Å². The Hall–Kier alpha value is -7.64. The number of benzene rings is 9. The summed E-state index contributed by atoms with van der Waals surface area (Å²) in [4.78, 5) is 5.23. The zero-order valence-electron chi connectivity index (χ0n) is 34.5. The molecule has 6 heteroatoms. The Bertz CT molecular complexity index is 3580. The van der Waals surface area contributed by atoms with Crippen molar-refractivity contribution in [3.63, 3.8) is 0 Å². The van der Waals surface area contributed by atoms with E-state index in [4.69, 9.17) is 0 Å². The number of nitrogens with zero attached hydrogens (tertiary/aromatic N) is 3. The number of fused-ring (bicyclic) bond motifs is 9. The van der Waals surface area contributed by atoms with Gasteiger partial charge in [-0.1, -0.05) is 170 Å². The standard InChI is InChI=1S/C58H36BN3S2/c1-3-19-37(20-4-1)54-42-25-9-17-33-52(42)63-57(54)61-48-31-15-11-27-44(48)59-45-28-12-16-32-49(45)62(58-55(38-21-5-2-6-22-38)43-26-10-18-34-53(43)64-58)51-36-39(35-50(61)56(51)59)60-46-29-13-7-23-40(46)41-24-8-14-30-47(41)60/h1-36H. The van der Waals surface area contributed by atoms with Crippen molar-refractivity contribution >= 4 is 121 Å². The van der Waals surface area contributed by atoms with Gasteiger partial charge >= 0.3 is 0 Å². The van der Waals surface area contributed by atoms with Gasteiger partial charge < -0.3 is 14.4 Å². The van der Waals surface area contributed by atoms with E-state index in [1.54, 1.807) is 0 Å². The normalized spacial score (nSPS) is 12.9. The third kappa shape index (κ3) is 5.09. The van der Waals surface area contributed by atoms with Crippen molar-refractivity contribution in [2.75, 3.05) is 9.80 Å². The van der Waals surface area contributed by atoms with E-state index in [0.29, 0.717) is 0 Å². The number of hydrogen-bond donors (Lipinski definition) is 0. The lowest BCUT2D eigenvalue weighted by atomic mass is 9.33. The predicted octanol–water partition coefficient (Wildman–Crippen LogP) is 14.6. The van der Waals surface area contributed by atoms with Gasteiger partial charge in [0.25, 0.3) is 6.71 Å². The van der Waals surface area contributed by atoms with Crippen molar-refractivity contribution in [3.8, 4) is 27.9 Å². The number of thiophene rings is 2. The summed E-state index contributed by atoms with van der Waals surface area (Å²) in [5.41, 5.74) is 17.2. The molecule has 14 rings (SSSR count). The van der Waals surface area contributed by atoms with E-state index >= 15 is 0 Å². The summed E-state index contributed by atoms with van der Waals surface area (Å²) in [7, 11) is 0. The van der Waals surface area contributed by atoms with Crippen LogP contribution >= 0.6 is 22.7 Å². The van der Waals surface area contributed by atoms with Crippen LogP contribution < -0.4 is 26.2 Å². The summed E-state index contributed by atoms with van der Waals surface area (Å²) in [5, 5.41) is 7.47. The fraction of sp³-hybridized carbons (Fsp3) is 0. The first-order valence-electron chi connectivity index (χ1n) is 21.9. The summed E-state index contributed by atoms with van der Waals surface area (Å²) in [6, 6.07) is 80.9. The molecule has 0 N–H and O–H groups in total. The fourth-order valence-corrected chi connectivity index (χ4v) is 13.3. The van der Waals surface area contributed by atoms with Crippen LogP contribution in [-0.4, -0.2) is 11.3 Å². The molecule has 0 saturated carbocycles. The Morgan fingerprint density at radius 2 is 0.734 bits per heavy atom. The maximum absolute atomic E-state index is 2.62. The molecule has 0 saturated heterocycles. The highest BCUT2D eigenvalue weighted by molar-refractivity contribution is 7.24. The van der Waals surface area contributed by atoms with Crippen molar-refractivity contribution in [2.45, 2.75) is 0 Å². The van der Waals surface area contributed by atoms with Crippen LogP contribution in [0.25, 0.3) is 69.9 Å². The Morgan fingerprint density at radius 3 is 1.22 bits per heavy atom. The van der Waals surface area contributed by atoms with Crippen molar-refractivity contribution in [3.05, 3.63) is 218 Å². The number of para-hydroxylation sites is 4. The third-order valence-corrected chi connectivity index (χ3v) is 15.7. The van der Waals surface area contributed by atoms with E-state index in [1.807, 2.05) is 22.7 Å². The Morgan fingerprint density at radius 1 is 0.344 bits per heavy atom. The van der Waals surface area contributed by atoms with Gasteiger partial charge in [-0.15, -0.1) is 22.7 Å². The average Bonchev–Trinajstić information content (AvgIpc) is 4.04. The van der Waals surface area contributed by atoms with Gasteiger partial charge in [0.1, 0.15) is 10.0 Å². The van der Waals surface area contributed by atoms with Crippen molar-refractivity contribution in [1.82, 2.24) is 4.57 Å². The zero-order valence-corrected chi connectivity index (χ0v) is 36.2. The second-order valence-corrected chi connectivity index (χ2v) is 18.8. The molecule has 9 aromatic carbocycles. The second kappa shape index (κ2) is 13.9. The molecule has 2 aliphatic heterocycles. The Balaban J connectivity index is 1.16. The van der Waals surface area contributed by atoms with Gasteiger partial charge in [0.15, 0.2) is 0 Å². The minimum absolute atomic E-state index is 0.00112. The Labute approximate surface area is 379 Å². The quantitative estimate of drug-likeness (QED) is 0.160. The first-order chi connectivity index (χ1) is 31.8. The van der Waals surface area contributed by atoms with E-state index < -0.39 is 0 Å². The van der Waals surface area contributed by atoms with Crippen LogP contribution in [0.4, 0.5) is 32.8 Å². The van der Waals surface area contributed by atoms with E-state index in [0.717, 1.165) is 5.69 Å². The summed E-state index contributed by atoms with van der Waals surface area (Å²) < 4.78 is 5.04. The maximum atomic E-state index is 2.62. The van der Waals surface area contributed by atoms with Crippen molar-refractivity contribution < 1.29 is 0 Å². The molecule has 64 heavy (non-hydrogen) atoms. The van der Waals surface area contributed by atoms with Gasteiger partial charge in [-0.2, -0.15) is 0 Å². The monoisotopic (exact) mass is 849 g/mol. The number of aromatic nitrogens is 1. The van der Waals surface area contributed by atoms with E-state index in [2.05, 4.69) is 233 Å². The first kappa shape index (κ1) is 35.9. The molecule has 298 valence electrons. The van der Waals surface area contributed by atoms with Crippen LogP contribution in [0.3, 0.4) is 0 Å². The molecule has 0 fully saturated rings. The molecule has 0 bridgehead atoms. The molecular formula is C58H36BN3S2. The molecule has 3 aromatic heterocycles. The number of hydrogen-bond acceptors (Lipinski definition) is 4.